The molecule has 5 N–H and O–H groups in total. The molecular weight excluding hydrogens is 540 g/mol. The van der Waals surface area contributed by atoms with Gasteiger partial charge >= 0.3 is 0 Å². The van der Waals surface area contributed by atoms with Gasteiger partial charge in [-0.25, -0.2) is 9.97 Å². The Balaban J connectivity index is 1.50. The first-order valence-corrected chi connectivity index (χ1v) is 16.6. The fourth-order valence-electron chi connectivity index (χ4n) is 6.37. The lowest BCUT2D eigenvalue weighted by atomic mass is 9.77. The zero-order chi connectivity index (χ0) is 29.7. The highest BCUT2D eigenvalue weighted by Gasteiger charge is 2.50. The topological polar surface area (TPSA) is 121 Å². The number of benzene rings is 2. The summed E-state index contributed by atoms with van der Waals surface area (Å²) < 4.78 is 12.8. The SMILES string of the molecule is COc1ncccc1Nc1nc(N)c(N)c([C@@H]2CCCC[C@@H]2CO[Si](c2ccccc2)(c2ccccc2)C(C)(C)C)n1. The fourth-order valence-corrected chi connectivity index (χ4v) is 11.0. The van der Waals surface area contributed by atoms with Crippen LogP contribution in [0.3, 0.4) is 0 Å². The van der Waals surface area contributed by atoms with Gasteiger partial charge in [-0.15, -0.1) is 0 Å². The number of nitrogens with one attached hydrogen (secondary N) is 1. The maximum atomic E-state index is 7.37. The normalized spacial score (nSPS) is 17.5. The molecule has 2 aromatic carbocycles. The summed E-state index contributed by atoms with van der Waals surface area (Å²) in [5, 5.41) is 5.69. The Morgan fingerprint density at radius 3 is 2.14 bits per heavy atom. The van der Waals surface area contributed by atoms with Gasteiger partial charge in [0.2, 0.25) is 11.8 Å². The largest absolute Gasteiger partial charge is 0.480 e. The summed E-state index contributed by atoms with van der Waals surface area (Å²) in [6, 6.07) is 25.2. The van der Waals surface area contributed by atoms with Crippen molar-refractivity contribution in [1.29, 1.82) is 0 Å². The number of ether oxygens (including phenoxy) is 1. The number of methoxy groups -OCH3 is 1. The van der Waals surface area contributed by atoms with Crippen LogP contribution in [-0.2, 0) is 4.43 Å². The number of hydrogen-bond acceptors (Lipinski definition) is 8. The van der Waals surface area contributed by atoms with Gasteiger partial charge in [0.15, 0.2) is 5.82 Å². The third-order valence-electron chi connectivity index (χ3n) is 8.41. The van der Waals surface area contributed by atoms with Crippen molar-refractivity contribution in [3.05, 3.63) is 84.7 Å². The maximum Gasteiger partial charge on any atom is 0.261 e. The molecular formula is C33H42N6O2Si. The standard InChI is InChI=1S/C33H42N6O2Si/c1-33(2,3)42(24-15-7-5-8-16-24,25-17-9-6-10-18-25)41-22-23-14-11-12-19-26(23)29-28(34)30(35)39-32(38-29)37-27-20-13-21-36-31(27)40-4/h5-10,13,15-18,20-21,23,26H,11-12,14,19,22,34H2,1-4H3,(H3,35,37,38,39)/t23-,26-/m1/s1. The predicted octanol–water partition coefficient (Wildman–Crippen LogP) is 5.64. The van der Waals surface area contributed by atoms with E-state index in [2.05, 4.69) is 96.7 Å². The lowest BCUT2D eigenvalue weighted by Crippen LogP contribution is -2.67. The highest BCUT2D eigenvalue weighted by atomic mass is 28.4. The van der Waals surface area contributed by atoms with E-state index in [1.807, 2.05) is 12.1 Å². The van der Waals surface area contributed by atoms with Crippen LogP contribution in [0.5, 0.6) is 5.88 Å². The van der Waals surface area contributed by atoms with Gasteiger partial charge in [-0.05, 0) is 46.3 Å². The van der Waals surface area contributed by atoms with Crippen molar-refractivity contribution >= 4 is 41.8 Å². The third-order valence-corrected chi connectivity index (χ3v) is 13.4. The molecule has 0 spiro atoms. The van der Waals surface area contributed by atoms with Crippen LogP contribution in [0, 0.1) is 5.92 Å². The molecule has 42 heavy (non-hydrogen) atoms. The summed E-state index contributed by atoms with van der Waals surface area (Å²) in [6.45, 7) is 7.54. The Labute approximate surface area is 250 Å². The van der Waals surface area contributed by atoms with Gasteiger partial charge in [0.05, 0.1) is 18.5 Å². The summed E-state index contributed by atoms with van der Waals surface area (Å²) in [5.41, 5.74) is 14.8. The van der Waals surface area contributed by atoms with Crippen molar-refractivity contribution in [2.75, 3.05) is 30.5 Å². The predicted molar refractivity (Wildman–Crippen MR) is 173 cm³/mol. The number of rotatable bonds is 9. The van der Waals surface area contributed by atoms with E-state index in [0.29, 0.717) is 29.8 Å². The van der Waals surface area contributed by atoms with Gasteiger partial charge in [-0.3, -0.25) is 0 Å². The van der Waals surface area contributed by atoms with Gasteiger partial charge < -0.3 is 25.9 Å². The molecule has 0 unspecified atom stereocenters. The second-order valence-corrected chi connectivity index (χ2v) is 16.3. The molecule has 2 heterocycles. The average Bonchev–Trinajstić information content (AvgIpc) is 3.00. The van der Waals surface area contributed by atoms with Crippen LogP contribution in [0.25, 0.3) is 0 Å². The van der Waals surface area contributed by atoms with Crippen molar-refractivity contribution < 1.29 is 9.16 Å². The molecule has 0 aliphatic heterocycles. The van der Waals surface area contributed by atoms with Crippen molar-refractivity contribution in [2.24, 2.45) is 5.92 Å². The molecule has 0 saturated heterocycles. The van der Waals surface area contributed by atoms with Gasteiger partial charge in [-0.1, -0.05) is 94.3 Å². The average molecular weight is 583 g/mol. The molecule has 0 bridgehead atoms. The number of nitrogens with zero attached hydrogens (tertiary/aromatic N) is 3. The molecule has 1 aliphatic carbocycles. The van der Waals surface area contributed by atoms with Crippen LogP contribution >= 0.6 is 0 Å². The molecule has 5 rings (SSSR count). The minimum absolute atomic E-state index is 0.0959. The number of hydrogen-bond donors (Lipinski definition) is 3. The van der Waals surface area contributed by atoms with Crippen LogP contribution in [-0.4, -0.2) is 37.0 Å². The molecule has 0 amide bonds. The van der Waals surface area contributed by atoms with Gasteiger partial charge in [0.25, 0.3) is 8.32 Å². The van der Waals surface area contributed by atoms with E-state index in [-0.39, 0.29) is 22.7 Å². The van der Waals surface area contributed by atoms with E-state index in [1.54, 1.807) is 13.3 Å². The van der Waals surface area contributed by atoms with Crippen molar-refractivity contribution in [3.63, 3.8) is 0 Å². The molecule has 0 radical (unpaired) electrons. The van der Waals surface area contributed by atoms with Gasteiger partial charge in [0, 0.05) is 18.7 Å². The quantitative estimate of drug-likeness (QED) is 0.217. The lowest BCUT2D eigenvalue weighted by molar-refractivity contribution is 0.176. The molecule has 4 aromatic rings. The number of pyridine rings is 1. The molecule has 8 nitrogen and oxygen atoms in total. The van der Waals surface area contributed by atoms with Crippen LogP contribution in [0.4, 0.5) is 23.1 Å². The van der Waals surface area contributed by atoms with Crippen molar-refractivity contribution in [1.82, 2.24) is 15.0 Å². The zero-order valence-electron chi connectivity index (χ0n) is 25.0. The first-order chi connectivity index (χ1) is 20.2. The number of aromatic nitrogens is 3. The third kappa shape index (κ3) is 5.84. The maximum absolute atomic E-state index is 7.37. The molecule has 1 saturated carbocycles. The Morgan fingerprint density at radius 1 is 0.881 bits per heavy atom. The van der Waals surface area contributed by atoms with E-state index >= 15 is 0 Å². The Bertz CT molecular complexity index is 1440. The van der Waals surface area contributed by atoms with Gasteiger partial charge in [-0.2, -0.15) is 4.98 Å². The van der Waals surface area contributed by atoms with Crippen LogP contribution in [0.2, 0.25) is 5.04 Å². The first kappa shape index (κ1) is 29.5. The van der Waals surface area contributed by atoms with E-state index in [9.17, 15) is 0 Å². The fraction of sp³-hybridized carbons (Fsp3) is 0.364. The van der Waals surface area contributed by atoms with Crippen molar-refractivity contribution in [2.45, 2.75) is 57.4 Å². The molecule has 1 fully saturated rings. The second kappa shape index (κ2) is 12.5. The Hall–Kier alpha value is -3.95. The molecule has 9 heteroatoms. The van der Waals surface area contributed by atoms with Crippen LogP contribution in [0.15, 0.2) is 79.0 Å². The second-order valence-electron chi connectivity index (χ2n) is 12.0. The Kier molecular flexibility index (Phi) is 8.79. The van der Waals surface area contributed by atoms with Crippen molar-refractivity contribution in [3.8, 4) is 5.88 Å². The summed E-state index contributed by atoms with van der Waals surface area (Å²) in [5.74, 6) is 1.42. The molecule has 220 valence electrons. The molecule has 1 aliphatic rings. The lowest BCUT2D eigenvalue weighted by Gasteiger charge is -2.44. The summed E-state index contributed by atoms with van der Waals surface area (Å²) in [7, 11) is -1.10. The first-order valence-electron chi connectivity index (χ1n) is 14.7. The van der Waals surface area contributed by atoms with E-state index in [0.717, 1.165) is 31.4 Å². The highest BCUT2D eigenvalue weighted by molar-refractivity contribution is 6.99. The molecule has 2 aromatic heterocycles. The number of anilines is 4. The summed E-state index contributed by atoms with van der Waals surface area (Å²) in [4.78, 5) is 13.6. The smallest absolute Gasteiger partial charge is 0.261 e. The van der Waals surface area contributed by atoms with E-state index < -0.39 is 8.32 Å². The summed E-state index contributed by atoms with van der Waals surface area (Å²) >= 11 is 0. The Morgan fingerprint density at radius 2 is 1.52 bits per heavy atom. The zero-order valence-corrected chi connectivity index (χ0v) is 26.0. The number of nitrogen functional groups attached to an aromatic ring is 2. The minimum atomic E-state index is -2.68. The van der Waals surface area contributed by atoms with Gasteiger partial charge in [0.1, 0.15) is 5.69 Å². The molecule has 2 atom stereocenters. The van der Waals surface area contributed by atoms with Crippen LogP contribution < -0.4 is 31.9 Å². The van der Waals surface area contributed by atoms with E-state index in [4.69, 9.17) is 25.6 Å². The minimum Gasteiger partial charge on any atom is -0.480 e. The monoisotopic (exact) mass is 582 g/mol. The number of nitrogens with two attached hydrogens (primary N) is 2. The highest BCUT2D eigenvalue weighted by Crippen LogP contribution is 2.43. The van der Waals surface area contributed by atoms with Crippen LogP contribution in [0.1, 0.15) is 58.1 Å². The summed E-state index contributed by atoms with van der Waals surface area (Å²) in [6.07, 6.45) is 5.91. The van der Waals surface area contributed by atoms with E-state index in [1.165, 1.54) is 10.4 Å².